The zero-order valence-electron chi connectivity index (χ0n) is 15.6. The van der Waals surface area contributed by atoms with E-state index in [1.165, 1.54) is 24.9 Å². The van der Waals surface area contributed by atoms with Crippen LogP contribution in [-0.4, -0.2) is 80.1 Å². The first-order valence-electron chi connectivity index (χ1n) is 9.43. The van der Waals surface area contributed by atoms with Crippen molar-refractivity contribution in [2.24, 2.45) is 5.92 Å². The van der Waals surface area contributed by atoms with E-state index in [0.29, 0.717) is 19.1 Å². The number of amides is 1. The van der Waals surface area contributed by atoms with Gasteiger partial charge in [0.05, 0.1) is 6.61 Å². The number of rotatable bonds is 5. The average Bonchev–Trinajstić information content (AvgIpc) is 2.62. The third-order valence-corrected chi connectivity index (χ3v) is 5.31. The highest BCUT2D eigenvalue weighted by molar-refractivity contribution is 5.81. The summed E-state index contributed by atoms with van der Waals surface area (Å²) in [6.45, 7) is 6.17. The fourth-order valence-corrected chi connectivity index (χ4v) is 3.98. The molecule has 138 valence electrons. The van der Waals surface area contributed by atoms with E-state index < -0.39 is 0 Å². The molecule has 0 aliphatic carbocycles. The highest BCUT2D eigenvalue weighted by atomic mass is 16.5. The molecule has 0 radical (unpaired) electrons. The molecule has 2 heterocycles. The number of carbonyl (C=O) groups excluding carboxylic acids is 1. The van der Waals surface area contributed by atoms with E-state index in [1.54, 1.807) is 0 Å². The molecule has 1 amide bonds. The molecule has 0 saturated carbocycles. The Labute approximate surface area is 151 Å². The molecule has 2 unspecified atom stereocenters. The standard InChI is InChI=1S/C20H31N3O2/c1-21-10-6-9-18(13-21)14-22(2)20(24)19-16-23(11-12-25-19)15-17-7-4-3-5-8-17/h3-5,7-8,18-19H,6,9-16H2,1-2H3. The van der Waals surface area contributed by atoms with Gasteiger partial charge in [0.2, 0.25) is 0 Å². The molecule has 2 aliphatic heterocycles. The monoisotopic (exact) mass is 345 g/mol. The van der Waals surface area contributed by atoms with Crippen LogP contribution in [0.2, 0.25) is 0 Å². The van der Waals surface area contributed by atoms with Gasteiger partial charge in [-0.3, -0.25) is 9.69 Å². The van der Waals surface area contributed by atoms with E-state index in [1.807, 2.05) is 18.0 Å². The van der Waals surface area contributed by atoms with Crippen molar-refractivity contribution in [2.75, 3.05) is 53.4 Å². The van der Waals surface area contributed by atoms with Crippen LogP contribution in [0.1, 0.15) is 18.4 Å². The molecule has 0 spiro atoms. The Balaban J connectivity index is 1.50. The van der Waals surface area contributed by atoms with Crippen molar-refractivity contribution in [3.63, 3.8) is 0 Å². The minimum atomic E-state index is -0.330. The molecule has 25 heavy (non-hydrogen) atoms. The molecule has 0 aromatic heterocycles. The Kier molecular flexibility index (Phi) is 6.45. The van der Waals surface area contributed by atoms with Gasteiger partial charge in [-0.25, -0.2) is 0 Å². The zero-order valence-corrected chi connectivity index (χ0v) is 15.6. The summed E-state index contributed by atoms with van der Waals surface area (Å²) in [5.41, 5.74) is 1.29. The van der Waals surface area contributed by atoms with Gasteiger partial charge in [0.1, 0.15) is 6.10 Å². The zero-order chi connectivity index (χ0) is 17.6. The van der Waals surface area contributed by atoms with Crippen LogP contribution >= 0.6 is 0 Å². The van der Waals surface area contributed by atoms with Gasteiger partial charge in [-0.05, 0) is 37.9 Å². The highest BCUT2D eigenvalue weighted by Crippen LogP contribution is 2.17. The predicted molar refractivity (Wildman–Crippen MR) is 99.3 cm³/mol. The second-order valence-corrected chi connectivity index (χ2v) is 7.57. The van der Waals surface area contributed by atoms with Crippen molar-refractivity contribution in [3.8, 4) is 0 Å². The largest absolute Gasteiger partial charge is 0.366 e. The normalized spacial score (nSPS) is 25.7. The Hall–Kier alpha value is -1.43. The van der Waals surface area contributed by atoms with E-state index in [9.17, 15) is 4.79 Å². The van der Waals surface area contributed by atoms with Gasteiger partial charge in [0.15, 0.2) is 0 Å². The van der Waals surface area contributed by atoms with Crippen molar-refractivity contribution in [1.29, 1.82) is 0 Å². The van der Waals surface area contributed by atoms with Gasteiger partial charge >= 0.3 is 0 Å². The van der Waals surface area contributed by atoms with Crippen LogP contribution in [0.5, 0.6) is 0 Å². The first-order chi connectivity index (χ1) is 12.1. The van der Waals surface area contributed by atoms with Crippen LogP contribution in [0.25, 0.3) is 0 Å². The van der Waals surface area contributed by atoms with Crippen LogP contribution in [0.4, 0.5) is 0 Å². The lowest BCUT2D eigenvalue weighted by Crippen LogP contribution is -2.51. The van der Waals surface area contributed by atoms with Gasteiger partial charge in [-0.1, -0.05) is 30.3 Å². The van der Waals surface area contributed by atoms with Crippen molar-refractivity contribution in [1.82, 2.24) is 14.7 Å². The second-order valence-electron chi connectivity index (χ2n) is 7.57. The van der Waals surface area contributed by atoms with E-state index >= 15 is 0 Å². The lowest BCUT2D eigenvalue weighted by Gasteiger charge is -2.36. The van der Waals surface area contributed by atoms with Gasteiger partial charge in [-0.2, -0.15) is 0 Å². The Bertz CT molecular complexity index is 551. The minimum Gasteiger partial charge on any atom is -0.366 e. The molecule has 5 nitrogen and oxygen atoms in total. The molecule has 0 N–H and O–H groups in total. The quantitative estimate of drug-likeness (QED) is 0.814. The van der Waals surface area contributed by atoms with Gasteiger partial charge in [0.25, 0.3) is 5.91 Å². The Morgan fingerprint density at radius 1 is 1.24 bits per heavy atom. The molecule has 0 bridgehead atoms. The van der Waals surface area contributed by atoms with Crippen LogP contribution in [0, 0.1) is 5.92 Å². The summed E-state index contributed by atoms with van der Waals surface area (Å²) in [5.74, 6) is 0.711. The number of morpholine rings is 1. The topological polar surface area (TPSA) is 36.0 Å². The summed E-state index contributed by atoms with van der Waals surface area (Å²) in [6.07, 6.45) is 2.12. The first-order valence-corrected chi connectivity index (χ1v) is 9.43. The number of nitrogens with zero attached hydrogens (tertiary/aromatic N) is 3. The summed E-state index contributed by atoms with van der Waals surface area (Å²) >= 11 is 0. The van der Waals surface area contributed by atoms with Crippen molar-refractivity contribution < 1.29 is 9.53 Å². The molecule has 2 atom stereocenters. The summed E-state index contributed by atoms with van der Waals surface area (Å²) in [4.78, 5) is 19.4. The van der Waals surface area contributed by atoms with E-state index in [2.05, 4.69) is 41.1 Å². The molecule has 2 saturated heterocycles. The fraction of sp³-hybridized carbons (Fsp3) is 0.650. The van der Waals surface area contributed by atoms with Crippen LogP contribution in [0.3, 0.4) is 0 Å². The van der Waals surface area contributed by atoms with E-state index in [-0.39, 0.29) is 12.0 Å². The molecule has 3 rings (SSSR count). The number of benzene rings is 1. The fourth-order valence-electron chi connectivity index (χ4n) is 3.98. The summed E-state index contributed by atoms with van der Waals surface area (Å²) in [7, 11) is 4.09. The maximum absolute atomic E-state index is 12.8. The number of ether oxygens (including phenoxy) is 1. The van der Waals surface area contributed by atoms with Gasteiger partial charge < -0.3 is 14.5 Å². The first kappa shape index (κ1) is 18.4. The smallest absolute Gasteiger partial charge is 0.252 e. The lowest BCUT2D eigenvalue weighted by atomic mass is 9.98. The number of likely N-dealkylation sites (tertiary alicyclic amines) is 1. The van der Waals surface area contributed by atoms with E-state index in [4.69, 9.17) is 4.74 Å². The highest BCUT2D eigenvalue weighted by Gasteiger charge is 2.30. The molecule has 2 fully saturated rings. The van der Waals surface area contributed by atoms with Gasteiger partial charge in [0, 0.05) is 39.8 Å². The molecule has 1 aromatic carbocycles. The predicted octanol–water partition coefficient (Wildman–Crippen LogP) is 1.69. The van der Waals surface area contributed by atoms with Crippen molar-refractivity contribution in [3.05, 3.63) is 35.9 Å². The molecule has 5 heteroatoms. The average molecular weight is 345 g/mol. The van der Waals surface area contributed by atoms with Crippen LogP contribution in [0.15, 0.2) is 30.3 Å². The second kappa shape index (κ2) is 8.79. The third-order valence-electron chi connectivity index (χ3n) is 5.31. The van der Waals surface area contributed by atoms with Crippen LogP contribution in [-0.2, 0) is 16.1 Å². The molecule has 1 aromatic rings. The molecular weight excluding hydrogens is 314 g/mol. The van der Waals surface area contributed by atoms with Gasteiger partial charge in [-0.15, -0.1) is 0 Å². The summed E-state index contributed by atoms with van der Waals surface area (Å²) in [6, 6.07) is 10.4. The Morgan fingerprint density at radius 2 is 2.04 bits per heavy atom. The summed E-state index contributed by atoms with van der Waals surface area (Å²) < 4.78 is 5.80. The molecule has 2 aliphatic rings. The Morgan fingerprint density at radius 3 is 2.80 bits per heavy atom. The number of likely N-dealkylation sites (N-methyl/N-ethyl adjacent to an activating group) is 1. The minimum absolute atomic E-state index is 0.131. The van der Waals surface area contributed by atoms with Crippen molar-refractivity contribution in [2.45, 2.75) is 25.5 Å². The van der Waals surface area contributed by atoms with E-state index in [0.717, 1.165) is 26.2 Å². The third kappa shape index (κ3) is 5.27. The van der Waals surface area contributed by atoms with Crippen LogP contribution < -0.4 is 0 Å². The maximum atomic E-state index is 12.8. The number of hydrogen-bond acceptors (Lipinski definition) is 4. The SMILES string of the molecule is CN1CCCC(CN(C)C(=O)C2CN(Cc3ccccc3)CCO2)C1. The lowest BCUT2D eigenvalue weighted by molar-refractivity contribution is -0.149. The maximum Gasteiger partial charge on any atom is 0.252 e. The van der Waals surface area contributed by atoms with Crippen molar-refractivity contribution >= 4 is 5.91 Å². The molecular formula is C20H31N3O2. The number of piperidine rings is 1. The number of hydrogen-bond donors (Lipinski definition) is 0. The summed E-state index contributed by atoms with van der Waals surface area (Å²) in [5, 5.41) is 0. The number of carbonyl (C=O) groups is 1.